The minimum absolute atomic E-state index is 0.211. The van der Waals surface area contributed by atoms with E-state index in [-0.39, 0.29) is 9.92 Å². The van der Waals surface area contributed by atoms with Crippen LogP contribution in [0.3, 0.4) is 0 Å². The molecule has 0 bridgehead atoms. The molecule has 1 N–H and O–H groups in total. The average molecular weight is 257 g/mol. The summed E-state index contributed by atoms with van der Waals surface area (Å²) in [5.74, 6) is 0. The van der Waals surface area contributed by atoms with E-state index in [1.165, 1.54) is 11.3 Å². The smallest absolute Gasteiger partial charge is 0.309 e. The van der Waals surface area contributed by atoms with Crippen LogP contribution in [0, 0.1) is 10.1 Å². The average Bonchev–Trinajstić information content (AvgIpc) is 2.72. The van der Waals surface area contributed by atoms with Gasteiger partial charge in [-0.05, 0) is 40.1 Å². The maximum absolute atomic E-state index is 10.5. The molecule has 0 aliphatic heterocycles. The lowest BCUT2D eigenvalue weighted by atomic mass is 10.2. The monoisotopic (exact) mass is 257 g/mol. The second kappa shape index (κ2) is 6.68. The lowest BCUT2D eigenvalue weighted by Crippen LogP contribution is -2.29. The molecule has 1 rings (SSSR count). The Kier molecular flexibility index (Phi) is 5.54. The lowest BCUT2D eigenvalue weighted by Gasteiger charge is -2.16. The van der Waals surface area contributed by atoms with E-state index in [4.69, 9.17) is 0 Å². The Morgan fingerprint density at radius 1 is 1.53 bits per heavy atom. The second-order valence-electron chi connectivity index (χ2n) is 4.37. The van der Waals surface area contributed by atoms with Gasteiger partial charge in [0.25, 0.3) is 0 Å². The fourth-order valence-corrected chi connectivity index (χ4v) is 2.16. The molecule has 0 spiro atoms. The first kappa shape index (κ1) is 14.1. The van der Waals surface area contributed by atoms with Crippen molar-refractivity contribution >= 4 is 16.3 Å². The van der Waals surface area contributed by atoms with Gasteiger partial charge >= 0.3 is 5.00 Å². The number of hydrogen-bond acceptors (Lipinski definition) is 5. The molecule has 0 amide bonds. The van der Waals surface area contributed by atoms with Crippen LogP contribution in [0.15, 0.2) is 12.1 Å². The number of rotatable bonds is 7. The molecule has 1 heterocycles. The molecule has 0 saturated carbocycles. The molecule has 96 valence electrons. The van der Waals surface area contributed by atoms with Crippen molar-refractivity contribution in [3.8, 4) is 0 Å². The lowest BCUT2D eigenvalue weighted by molar-refractivity contribution is -0.380. The molecule has 0 saturated heterocycles. The predicted octanol–water partition coefficient (Wildman–Crippen LogP) is 2.09. The van der Waals surface area contributed by atoms with Crippen LogP contribution in [0.25, 0.3) is 0 Å². The molecule has 0 radical (unpaired) electrons. The molecule has 1 aromatic heterocycles. The number of hydrogen-bond donors (Lipinski definition) is 1. The molecular formula is C11H19N3O2S. The van der Waals surface area contributed by atoms with Gasteiger partial charge in [0.05, 0.1) is 4.92 Å². The summed E-state index contributed by atoms with van der Waals surface area (Å²) in [7, 11) is 4.10. The summed E-state index contributed by atoms with van der Waals surface area (Å²) in [5.41, 5.74) is 0. The summed E-state index contributed by atoms with van der Waals surface area (Å²) in [6.07, 6.45) is 1.07. The summed E-state index contributed by atoms with van der Waals surface area (Å²) in [6, 6.07) is 3.79. The summed E-state index contributed by atoms with van der Waals surface area (Å²) >= 11 is 1.24. The van der Waals surface area contributed by atoms with Gasteiger partial charge in [0.15, 0.2) is 0 Å². The van der Waals surface area contributed by atoms with Gasteiger partial charge in [0.1, 0.15) is 0 Å². The molecule has 6 heteroatoms. The van der Waals surface area contributed by atoms with E-state index in [0.29, 0.717) is 12.6 Å². The molecule has 0 fully saturated rings. The SMILES string of the molecule is CC(CCN(C)C)NCc1ccc([N+](=O)[O-])s1. The standard InChI is InChI=1S/C11H19N3O2S/c1-9(6-7-13(2)3)12-8-10-4-5-11(17-10)14(15)16/h4-5,9,12H,6-8H2,1-3H3. The summed E-state index contributed by atoms with van der Waals surface area (Å²) < 4.78 is 0. The number of nitro groups is 1. The van der Waals surface area contributed by atoms with E-state index in [2.05, 4.69) is 31.2 Å². The van der Waals surface area contributed by atoms with Crippen LogP contribution in [0.4, 0.5) is 5.00 Å². The van der Waals surface area contributed by atoms with Gasteiger partial charge in [-0.1, -0.05) is 11.3 Å². The van der Waals surface area contributed by atoms with E-state index < -0.39 is 0 Å². The zero-order valence-corrected chi connectivity index (χ0v) is 11.3. The van der Waals surface area contributed by atoms with Gasteiger partial charge in [0, 0.05) is 23.5 Å². The molecule has 5 nitrogen and oxygen atoms in total. The highest BCUT2D eigenvalue weighted by atomic mass is 32.1. The van der Waals surface area contributed by atoms with E-state index in [0.717, 1.165) is 17.8 Å². The van der Waals surface area contributed by atoms with E-state index in [9.17, 15) is 10.1 Å². The molecular weight excluding hydrogens is 238 g/mol. The zero-order valence-electron chi connectivity index (χ0n) is 10.5. The quantitative estimate of drug-likeness (QED) is 0.600. The van der Waals surface area contributed by atoms with Crippen LogP contribution >= 0.6 is 11.3 Å². The molecule has 0 aliphatic rings. The molecule has 0 aromatic carbocycles. The van der Waals surface area contributed by atoms with Crippen molar-refractivity contribution < 1.29 is 4.92 Å². The van der Waals surface area contributed by atoms with Gasteiger partial charge in [-0.25, -0.2) is 0 Å². The highest BCUT2D eigenvalue weighted by Gasteiger charge is 2.10. The summed E-state index contributed by atoms with van der Waals surface area (Å²) in [4.78, 5) is 13.3. The third-order valence-corrected chi connectivity index (χ3v) is 3.50. The Morgan fingerprint density at radius 3 is 2.76 bits per heavy atom. The number of thiophene rings is 1. The third-order valence-electron chi connectivity index (χ3n) is 2.46. The first-order valence-electron chi connectivity index (χ1n) is 5.60. The molecule has 17 heavy (non-hydrogen) atoms. The van der Waals surface area contributed by atoms with Crippen molar-refractivity contribution in [2.45, 2.75) is 25.9 Å². The maximum Gasteiger partial charge on any atom is 0.324 e. The van der Waals surface area contributed by atoms with Crippen LogP contribution in [0.2, 0.25) is 0 Å². The first-order valence-corrected chi connectivity index (χ1v) is 6.42. The minimum atomic E-state index is -0.344. The number of nitrogens with zero attached hydrogens (tertiary/aromatic N) is 2. The first-order chi connectivity index (χ1) is 7.99. The summed E-state index contributed by atoms with van der Waals surface area (Å²) in [5, 5.41) is 14.1. The Labute approximate surface area is 106 Å². The van der Waals surface area contributed by atoms with Gasteiger partial charge in [-0.15, -0.1) is 0 Å². The van der Waals surface area contributed by atoms with E-state index in [1.807, 2.05) is 6.07 Å². The van der Waals surface area contributed by atoms with Crippen LogP contribution in [-0.2, 0) is 6.54 Å². The normalized spacial score (nSPS) is 12.9. The minimum Gasteiger partial charge on any atom is -0.309 e. The second-order valence-corrected chi connectivity index (χ2v) is 5.52. The molecule has 1 unspecified atom stereocenters. The van der Waals surface area contributed by atoms with Gasteiger partial charge in [-0.2, -0.15) is 0 Å². The Balaban J connectivity index is 2.31. The molecule has 1 atom stereocenters. The van der Waals surface area contributed by atoms with Crippen LogP contribution in [0.5, 0.6) is 0 Å². The van der Waals surface area contributed by atoms with Crippen molar-refractivity contribution in [1.82, 2.24) is 10.2 Å². The topological polar surface area (TPSA) is 58.4 Å². The number of nitrogens with one attached hydrogen (secondary N) is 1. The Bertz CT molecular complexity index is 365. The molecule has 0 aliphatic carbocycles. The van der Waals surface area contributed by atoms with Crippen LogP contribution in [-0.4, -0.2) is 36.5 Å². The van der Waals surface area contributed by atoms with Crippen molar-refractivity contribution in [2.24, 2.45) is 0 Å². The van der Waals surface area contributed by atoms with E-state index in [1.54, 1.807) is 6.07 Å². The molecule has 1 aromatic rings. The highest BCUT2D eigenvalue weighted by Crippen LogP contribution is 2.23. The van der Waals surface area contributed by atoms with Gasteiger partial charge in [0.2, 0.25) is 0 Å². The van der Waals surface area contributed by atoms with Crippen LogP contribution < -0.4 is 5.32 Å². The van der Waals surface area contributed by atoms with Crippen LogP contribution in [0.1, 0.15) is 18.2 Å². The fourth-order valence-electron chi connectivity index (χ4n) is 1.39. The van der Waals surface area contributed by atoms with E-state index >= 15 is 0 Å². The predicted molar refractivity (Wildman–Crippen MR) is 70.4 cm³/mol. The van der Waals surface area contributed by atoms with Crippen molar-refractivity contribution in [1.29, 1.82) is 0 Å². The maximum atomic E-state index is 10.5. The van der Waals surface area contributed by atoms with Gasteiger partial charge in [-0.3, -0.25) is 10.1 Å². The largest absolute Gasteiger partial charge is 0.324 e. The fraction of sp³-hybridized carbons (Fsp3) is 0.636. The third kappa shape index (κ3) is 5.25. The Hall–Kier alpha value is -0.980. The Morgan fingerprint density at radius 2 is 2.24 bits per heavy atom. The van der Waals surface area contributed by atoms with Gasteiger partial charge < -0.3 is 10.2 Å². The van der Waals surface area contributed by atoms with Crippen molar-refractivity contribution in [3.63, 3.8) is 0 Å². The highest BCUT2D eigenvalue weighted by molar-refractivity contribution is 7.15. The van der Waals surface area contributed by atoms with Crippen molar-refractivity contribution in [2.75, 3.05) is 20.6 Å². The summed E-state index contributed by atoms with van der Waals surface area (Å²) in [6.45, 7) is 3.87. The zero-order chi connectivity index (χ0) is 12.8. The van der Waals surface area contributed by atoms with Crippen molar-refractivity contribution in [3.05, 3.63) is 27.1 Å².